The lowest BCUT2D eigenvalue weighted by atomic mass is 9.95. The lowest BCUT2D eigenvalue weighted by Crippen LogP contribution is -2.43. The van der Waals surface area contributed by atoms with Gasteiger partial charge in [0, 0.05) is 31.1 Å². The van der Waals surface area contributed by atoms with Crippen LogP contribution >= 0.6 is 0 Å². The first-order valence-electron chi connectivity index (χ1n) is 9.63. The Hall–Kier alpha value is -2.83. The third-order valence-corrected chi connectivity index (χ3v) is 5.14. The van der Waals surface area contributed by atoms with Gasteiger partial charge in [0.05, 0.1) is 5.56 Å². The summed E-state index contributed by atoms with van der Waals surface area (Å²) in [5.41, 5.74) is 0.483. The van der Waals surface area contributed by atoms with Gasteiger partial charge in [-0.1, -0.05) is 36.4 Å². The monoisotopic (exact) mass is 404 g/mol. The second-order valence-corrected chi connectivity index (χ2v) is 7.17. The standard InChI is InChI=1S/C22H23F3N2O2/c23-22(24,25)19-8-4-5-16(15-19)9-12-26-20(28)17-10-13-27(14-11-17)21(29)18-6-2-1-3-7-18/h1-8,15,17H,9-14H2,(H,26,28). The van der Waals surface area contributed by atoms with Crippen LogP contribution in [0, 0.1) is 5.92 Å². The summed E-state index contributed by atoms with van der Waals surface area (Å²) in [6.45, 7) is 1.31. The van der Waals surface area contributed by atoms with E-state index in [1.807, 2.05) is 18.2 Å². The molecule has 0 spiro atoms. The van der Waals surface area contributed by atoms with Crippen LogP contribution in [0.5, 0.6) is 0 Å². The molecule has 0 aromatic heterocycles. The van der Waals surface area contributed by atoms with Crippen molar-refractivity contribution in [2.75, 3.05) is 19.6 Å². The summed E-state index contributed by atoms with van der Waals surface area (Å²) >= 11 is 0. The first-order chi connectivity index (χ1) is 13.8. The molecule has 7 heteroatoms. The highest BCUT2D eigenvalue weighted by Gasteiger charge is 2.30. The molecule has 0 bridgehead atoms. The average molecular weight is 404 g/mol. The van der Waals surface area contributed by atoms with E-state index in [-0.39, 0.29) is 24.3 Å². The van der Waals surface area contributed by atoms with Crippen LogP contribution in [-0.2, 0) is 17.4 Å². The van der Waals surface area contributed by atoms with Crippen LogP contribution in [0.3, 0.4) is 0 Å². The third-order valence-electron chi connectivity index (χ3n) is 5.14. The zero-order valence-corrected chi connectivity index (χ0v) is 15.9. The molecule has 0 saturated carbocycles. The van der Waals surface area contributed by atoms with Crippen LogP contribution in [0.15, 0.2) is 54.6 Å². The van der Waals surface area contributed by atoms with Gasteiger partial charge < -0.3 is 10.2 Å². The molecular formula is C22H23F3N2O2. The van der Waals surface area contributed by atoms with Crippen molar-refractivity contribution in [1.82, 2.24) is 10.2 Å². The van der Waals surface area contributed by atoms with Gasteiger partial charge in [0.2, 0.25) is 5.91 Å². The summed E-state index contributed by atoms with van der Waals surface area (Å²) in [7, 11) is 0. The van der Waals surface area contributed by atoms with Crippen LogP contribution in [-0.4, -0.2) is 36.3 Å². The highest BCUT2D eigenvalue weighted by molar-refractivity contribution is 5.94. The number of rotatable bonds is 5. The van der Waals surface area contributed by atoms with Gasteiger partial charge in [-0.05, 0) is 43.0 Å². The molecule has 3 rings (SSSR count). The molecule has 1 aliphatic heterocycles. The number of piperidine rings is 1. The van der Waals surface area contributed by atoms with E-state index in [1.165, 1.54) is 6.07 Å². The molecule has 4 nitrogen and oxygen atoms in total. The second-order valence-electron chi connectivity index (χ2n) is 7.17. The zero-order chi connectivity index (χ0) is 20.9. The van der Waals surface area contributed by atoms with Crippen LogP contribution in [0.4, 0.5) is 13.2 Å². The first kappa shape index (κ1) is 20.9. The van der Waals surface area contributed by atoms with Gasteiger partial charge >= 0.3 is 6.18 Å². The Kier molecular flexibility index (Phi) is 6.56. The molecule has 0 aliphatic carbocycles. The predicted molar refractivity (Wildman–Crippen MR) is 103 cm³/mol. The Labute approximate surface area is 167 Å². The smallest absolute Gasteiger partial charge is 0.356 e. The second kappa shape index (κ2) is 9.11. The Morgan fingerprint density at radius 1 is 1.00 bits per heavy atom. The van der Waals surface area contributed by atoms with Gasteiger partial charge in [0.15, 0.2) is 0 Å². The van der Waals surface area contributed by atoms with E-state index in [4.69, 9.17) is 0 Å². The fourth-order valence-electron chi connectivity index (χ4n) is 3.49. The summed E-state index contributed by atoms with van der Waals surface area (Å²) in [6.07, 6.45) is -2.88. The highest BCUT2D eigenvalue weighted by Crippen LogP contribution is 2.29. The van der Waals surface area contributed by atoms with Crippen molar-refractivity contribution in [3.63, 3.8) is 0 Å². The largest absolute Gasteiger partial charge is 0.416 e. The molecule has 1 N–H and O–H groups in total. The number of hydrogen-bond donors (Lipinski definition) is 1. The molecule has 0 radical (unpaired) electrons. The normalized spacial score (nSPS) is 15.2. The number of nitrogens with one attached hydrogen (secondary N) is 1. The van der Waals surface area contributed by atoms with Crippen molar-refractivity contribution in [3.8, 4) is 0 Å². The SMILES string of the molecule is O=C(NCCc1cccc(C(F)(F)F)c1)C1CCN(C(=O)c2ccccc2)CC1. The third kappa shape index (κ3) is 5.59. The van der Waals surface area contributed by atoms with E-state index in [0.29, 0.717) is 43.5 Å². The van der Waals surface area contributed by atoms with Gasteiger partial charge in [0.25, 0.3) is 5.91 Å². The number of halogens is 3. The molecule has 1 heterocycles. The number of carbonyl (C=O) groups excluding carboxylic acids is 2. The number of alkyl halides is 3. The van der Waals surface area contributed by atoms with Crippen molar-refractivity contribution in [2.24, 2.45) is 5.92 Å². The number of benzene rings is 2. The van der Waals surface area contributed by atoms with E-state index < -0.39 is 11.7 Å². The summed E-state index contributed by atoms with van der Waals surface area (Å²) in [6, 6.07) is 14.2. The molecule has 0 unspecified atom stereocenters. The van der Waals surface area contributed by atoms with E-state index in [9.17, 15) is 22.8 Å². The quantitative estimate of drug-likeness (QED) is 0.821. The maximum Gasteiger partial charge on any atom is 0.416 e. The lowest BCUT2D eigenvalue weighted by molar-refractivity contribution is -0.137. The van der Waals surface area contributed by atoms with E-state index in [2.05, 4.69) is 5.32 Å². The Bertz CT molecular complexity index is 845. The maximum atomic E-state index is 12.8. The Morgan fingerprint density at radius 2 is 1.69 bits per heavy atom. The van der Waals surface area contributed by atoms with Crippen molar-refractivity contribution in [2.45, 2.75) is 25.4 Å². The summed E-state index contributed by atoms with van der Waals surface area (Å²) in [5.74, 6) is -0.325. The Morgan fingerprint density at radius 3 is 2.34 bits per heavy atom. The summed E-state index contributed by atoms with van der Waals surface area (Å²) in [5, 5.41) is 2.81. The van der Waals surface area contributed by atoms with Gasteiger partial charge in [-0.2, -0.15) is 13.2 Å². The minimum atomic E-state index is -4.37. The molecule has 1 fully saturated rings. The molecule has 1 aliphatic rings. The lowest BCUT2D eigenvalue weighted by Gasteiger charge is -2.31. The molecular weight excluding hydrogens is 381 g/mol. The van der Waals surface area contributed by atoms with E-state index in [1.54, 1.807) is 23.1 Å². The molecule has 0 atom stereocenters. The number of hydrogen-bond acceptors (Lipinski definition) is 2. The van der Waals surface area contributed by atoms with Crippen molar-refractivity contribution >= 4 is 11.8 Å². The Balaban J connectivity index is 1.44. The molecule has 2 aromatic carbocycles. The minimum absolute atomic E-state index is 0.0333. The highest BCUT2D eigenvalue weighted by atomic mass is 19.4. The number of nitrogens with zero attached hydrogens (tertiary/aromatic N) is 1. The van der Waals surface area contributed by atoms with Crippen LogP contribution in [0.1, 0.15) is 34.3 Å². The van der Waals surface area contributed by atoms with E-state index in [0.717, 1.165) is 12.1 Å². The van der Waals surface area contributed by atoms with Crippen molar-refractivity contribution < 1.29 is 22.8 Å². The fourth-order valence-corrected chi connectivity index (χ4v) is 3.49. The predicted octanol–water partition coefficient (Wildman–Crippen LogP) is 3.92. The minimum Gasteiger partial charge on any atom is -0.356 e. The maximum absolute atomic E-state index is 12.8. The number of carbonyl (C=O) groups is 2. The zero-order valence-electron chi connectivity index (χ0n) is 15.9. The molecule has 2 amide bonds. The molecule has 29 heavy (non-hydrogen) atoms. The van der Waals surface area contributed by atoms with Crippen LogP contribution in [0.2, 0.25) is 0 Å². The molecule has 154 valence electrons. The van der Waals surface area contributed by atoms with Gasteiger partial charge in [-0.15, -0.1) is 0 Å². The van der Waals surface area contributed by atoms with E-state index >= 15 is 0 Å². The molecule has 1 saturated heterocycles. The van der Waals surface area contributed by atoms with Gasteiger partial charge in [-0.3, -0.25) is 9.59 Å². The number of likely N-dealkylation sites (tertiary alicyclic amines) is 1. The average Bonchev–Trinajstić information content (AvgIpc) is 2.73. The topological polar surface area (TPSA) is 49.4 Å². The van der Waals surface area contributed by atoms with Crippen LogP contribution in [0.25, 0.3) is 0 Å². The molecule has 2 aromatic rings. The first-order valence-corrected chi connectivity index (χ1v) is 9.63. The summed E-state index contributed by atoms with van der Waals surface area (Å²) < 4.78 is 38.3. The summed E-state index contributed by atoms with van der Waals surface area (Å²) in [4.78, 5) is 26.6. The van der Waals surface area contributed by atoms with Crippen molar-refractivity contribution in [3.05, 3.63) is 71.3 Å². The number of amides is 2. The van der Waals surface area contributed by atoms with Crippen LogP contribution < -0.4 is 5.32 Å². The van der Waals surface area contributed by atoms with Gasteiger partial charge in [0.1, 0.15) is 0 Å². The van der Waals surface area contributed by atoms with Crippen molar-refractivity contribution in [1.29, 1.82) is 0 Å². The fraction of sp³-hybridized carbons (Fsp3) is 0.364. The van der Waals surface area contributed by atoms with Gasteiger partial charge in [-0.25, -0.2) is 0 Å².